The summed E-state index contributed by atoms with van der Waals surface area (Å²) >= 11 is 0. The number of rotatable bonds is 36. The minimum atomic E-state index is -1.43. The molecule has 5 rings (SSSR count). The van der Waals surface area contributed by atoms with E-state index in [9.17, 15) is 57.8 Å². The van der Waals surface area contributed by atoms with Gasteiger partial charge >= 0.3 is 11.9 Å². The lowest BCUT2D eigenvalue weighted by molar-refractivity contribution is -0.142. The van der Waals surface area contributed by atoms with Crippen molar-refractivity contribution in [1.29, 1.82) is 0 Å². The smallest absolute Gasteiger partial charge is 0.322 e. The number of hydrogen-bond donors (Lipinski definition) is 15. The zero-order valence-electron chi connectivity index (χ0n) is 48.7. The normalized spacial score (nSPS) is 16.7. The largest absolute Gasteiger partial charge is 0.481 e. The Morgan fingerprint density at radius 1 is 0.701 bits per heavy atom. The van der Waals surface area contributed by atoms with Gasteiger partial charge in [0.25, 0.3) is 0 Å². The molecule has 0 bridgehead atoms. The van der Waals surface area contributed by atoms with Crippen LogP contribution in [0, 0.1) is 5.92 Å². The van der Waals surface area contributed by atoms with E-state index in [4.69, 9.17) is 28.0 Å². The molecule has 3 heterocycles. The van der Waals surface area contributed by atoms with Crippen LogP contribution in [0.15, 0.2) is 75.8 Å². The van der Waals surface area contributed by atoms with Crippen LogP contribution >= 0.6 is 0 Å². The number of fused-ring (bicyclic) bond motifs is 1. The highest BCUT2D eigenvalue weighted by Gasteiger charge is 2.40. The van der Waals surface area contributed by atoms with Crippen molar-refractivity contribution in [3.63, 3.8) is 0 Å². The van der Waals surface area contributed by atoms with E-state index in [1.54, 1.807) is 68.6 Å². The molecule has 87 heavy (non-hydrogen) atoms. The summed E-state index contributed by atoms with van der Waals surface area (Å²) in [5.41, 5.74) is 24.9. The van der Waals surface area contributed by atoms with Crippen LogP contribution < -0.4 is 65.5 Å². The number of hydrogen-bond acceptors (Lipinski definition) is 16. The van der Waals surface area contributed by atoms with Crippen molar-refractivity contribution in [3.8, 4) is 0 Å². The summed E-state index contributed by atoms with van der Waals surface area (Å²) in [4.78, 5) is 165. The van der Waals surface area contributed by atoms with Crippen LogP contribution in [-0.2, 0) is 65.6 Å². The molecule has 19 N–H and O–H groups in total. The van der Waals surface area contributed by atoms with E-state index in [1.165, 1.54) is 17.5 Å². The molecule has 0 radical (unpaired) electrons. The molecular formula is C57H81N17O13. The number of aromatic nitrogens is 1. The van der Waals surface area contributed by atoms with E-state index < -0.39 is 145 Å². The number of guanidine groups is 1. The first-order valence-electron chi connectivity index (χ1n) is 28.8. The van der Waals surface area contributed by atoms with Crippen molar-refractivity contribution >= 4 is 94.5 Å². The lowest BCUT2D eigenvalue weighted by Gasteiger charge is -2.30. The highest BCUT2D eigenvalue weighted by Crippen LogP contribution is 2.22. The number of benzene rings is 2. The average molecular weight is 1210 g/mol. The molecule has 9 atom stereocenters. The number of carboxylic acid groups (broad SMARTS) is 2. The lowest BCUT2D eigenvalue weighted by atomic mass is 10.0. The third-order valence-corrected chi connectivity index (χ3v) is 14.4. The van der Waals surface area contributed by atoms with Crippen molar-refractivity contribution in [2.24, 2.45) is 43.8 Å². The van der Waals surface area contributed by atoms with Crippen molar-refractivity contribution in [2.75, 3.05) is 32.7 Å². The minimum absolute atomic E-state index is 0.0122. The number of nitrogens with zero attached hydrogens (tertiary/aromatic N) is 4. The SMILES string of the molecule is CC(C)[C@H](NC(=O)[C@@H]1CCCN1C(=O)[C@H](CCCCN)NC(=O)CNC(=O)[C@H](Cc1c[nH]c2ccccc12)NC(=O)[C@H](CCCN=C(N)N)NC(=O)[C@H](Cc1ccccc1)NC(=O)[C@H](CC1C=NC=N1)NC(=O)[C@@H](N)CCC(=O)O)C(=O)NCC(=O)O. The summed E-state index contributed by atoms with van der Waals surface area (Å²) in [6.07, 6.45) is 4.93. The van der Waals surface area contributed by atoms with Gasteiger partial charge in [0.2, 0.25) is 53.2 Å². The van der Waals surface area contributed by atoms with Gasteiger partial charge in [-0.05, 0) is 81.0 Å². The predicted octanol–water partition coefficient (Wildman–Crippen LogP) is -2.93. The molecule has 9 amide bonds. The van der Waals surface area contributed by atoms with Crippen LogP contribution in [0.4, 0.5) is 0 Å². The van der Waals surface area contributed by atoms with Gasteiger partial charge in [-0.25, -0.2) is 4.99 Å². The second kappa shape index (κ2) is 34.6. The molecule has 1 aromatic heterocycles. The first kappa shape index (κ1) is 68.5. The van der Waals surface area contributed by atoms with E-state index in [0.29, 0.717) is 41.3 Å². The molecule has 0 spiro atoms. The highest BCUT2D eigenvalue weighted by molar-refractivity contribution is 5.99. The molecule has 30 heteroatoms. The van der Waals surface area contributed by atoms with Gasteiger partial charge in [-0.1, -0.05) is 62.4 Å². The molecule has 2 aromatic carbocycles. The van der Waals surface area contributed by atoms with Gasteiger partial charge < -0.3 is 85.6 Å². The van der Waals surface area contributed by atoms with Crippen LogP contribution in [0.1, 0.15) is 89.2 Å². The Balaban J connectivity index is 1.38. The zero-order chi connectivity index (χ0) is 63.6. The molecule has 1 fully saturated rings. The Kier molecular flexibility index (Phi) is 27.2. The van der Waals surface area contributed by atoms with Gasteiger partial charge in [-0.15, -0.1) is 0 Å². The predicted molar refractivity (Wildman–Crippen MR) is 320 cm³/mol. The number of likely N-dealkylation sites (tertiary alicyclic amines) is 1. The van der Waals surface area contributed by atoms with E-state index in [2.05, 4.69) is 62.5 Å². The molecular weight excluding hydrogens is 1130 g/mol. The van der Waals surface area contributed by atoms with E-state index in [1.807, 2.05) is 6.07 Å². The van der Waals surface area contributed by atoms with Crippen LogP contribution in [0.5, 0.6) is 0 Å². The monoisotopic (exact) mass is 1210 g/mol. The highest BCUT2D eigenvalue weighted by atomic mass is 16.4. The molecule has 2 aliphatic heterocycles. The summed E-state index contributed by atoms with van der Waals surface area (Å²) in [6.45, 7) is 2.40. The van der Waals surface area contributed by atoms with E-state index in [0.717, 1.165) is 0 Å². The number of aliphatic carboxylic acids is 2. The topological polar surface area (TPSA) is 485 Å². The van der Waals surface area contributed by atoms with Crippen molar-refractivity contribution in [1.82, 2.24) is 52.4 Å². The number of nitrogens with two attached hydrogens (primary N) is 4. The number of aromatic amines is 1. The summed E-state index contributed by atoms with van der Waals surface area (Å²) < 4.78 is 0. The standard InChI is InChI=1S/C57H81N17O13/c1-32(2)48(55(86)66-30-47(78)79)73-54(85)44-18-11-23-74(44)56(87)40(16-8-9-21-58)68-45(75)29-65-50(81)42(25-34-27-64-38-15-7-6-14-36(34)38)72-51(82)39(17-10-22-63-57(60)61)69-52(83)41(24-33-12-4-3-5-13-33)71-53(84)43(26-35-28-62-31-67-35)70-49(80)37(59)19-20-46(76)77/h3-7,12-15,27-28,31-32,35,37,39-44,48,64H,8-11,16-26,29-30,58-59H2,1-2H3,(H,65,81)(H,66,86)(H,68,75)(H,69,83)(H,70,80)(H,71,84)(H,72,82)(H,73,85)(H,76,77)(H,78,79)(H4,60,61,63)/t35?,37-,39-,40-,41-,42-,43-,44-,48-/m0/s1. The second-order valence-electron chi connectivity index (χ2n) is 21.5. The van der Waals surface area contributed by atoms with Gasteiger partial charge in [0, 0.05) is 62.1 Å². The number of nitrogens with one attached hydrogen (secondary N) is 9. The number of carbonyl (C=O) groups excluding carboxylic acids is 9. The lowest BCUT2D eigenvalue weighted by Crippen LogP contribution is -2.60. The maximum absolute atomic E-state index is 14.8. The Morgan fingerprint density at radius 2 is 1.34 bits per heavy atom. The number of H-pyrrole nitrogens is 1. The minimum Gasteiger partial charge on any atom is -0.481 e. The molecule has 472 valence electrons. The molecule has 0 saturated carbocycles. The molecule has 3 aromatic rings. The summed E-state index contributed by atoms with van der Waals surface area (Å²) in [6, 6.07) is 4.82. The third kappa shape index (κ3) is 22.2. The average Bonchev–Trinajstić information content (AvgIpc) is 3.26. The molecule has 0 aliphatic carbocycles. The van der Waals surface area contributed by atoms with E-state index >= 15 is 0 Å². The Labute approximate surface area is 502 Å². The molecule has 2 aliphatic rings. The molecule has 1 unspecified atom stereocenters. The quantitative estimate of drug-likeness (QED) is 0.0157. The maximum Gasteiger partial charge on any atom is 0.322 e. The van der Waals surface area contributed by atoms with Crippen molar-refractivity contribution in [2.45, 2.75) is 145 Å². The van der Waals surface area contributed by atoms with Gasteiger partial charge in [-0.3, -0.25) is 62.7 Å². The van der Waals surface area contributed by atoms with Gasteiger partial charge in [0.05, 0.1) is 18.6 Å². The van der Waals surface area contributed by atoms with Crippen LogP contribution in [0.3, 0.4) is 0 Å². The Morgan fingerprint density at radius 3 is 2.01 bits per heavy atom. The fourth-order valence-electron chi connectivity index (χ4n) is 9.81. The van der Waals surface area contributed by atoms with Gasteiger partial charge in [0.15, 0.2) is 5.96 Å². The van der Waals surface area contributed by atoms with Crippen molar-refractivity contribution in [3.05, 3.63) is 71.9 Å². The third-order valence-electron chi connectivity index (χ3n) is 14.4. The number of unbranched alkanes of at least 4 members (excludes halogenated alkanes) is 1. The van der Waals surface area contributed by atoms with Gasteiger partial charge in [-0.2, -0.15) is 0 Å². The number of carbonyl (C=O) groups is 11. The van der Waals surface area contributed by atoms with Crippen LogP contribution in [0.2, 0.25) is 0 Å². The van der Waals surface area contributed by atoms with Crippen LogP contribution in [-0.4, -0.2) is 191 Å². The first-order valence-corrected chi connectivity index (χ1v) is 28.8. The first-order chi connectivity index (χ1) is 41.5. The fraction of sp³-hybridized carbons (Fsp3) is 0.509. The fourth-order valence-corrected chi connectivity index (χ4v) is 9.81. The second-order valence-corrected chi connectivity index (χ2v) is 21.5. The number of amides is 9. The Bertz CT molecular complexity index is 2970. The van der Waals surface area contributed by atoms with Crippen molar-refractivity contribution < 1.29 is 63.0 Å². The van der Waals surface area contributed by atoms with Gasteiger partial charge in [0.1, 0.15) is 55.2 Å². The summed E-state index contributed by atoms with van der Waals surface area (Å²) in [5.74, 6) is -10.2. The van der Waals surface area contributed by atoms with E-state index in [-0.39, 0.29) is 77.0 Å². The molecule has 1 saturated heterocycles. The number of para-hydroxylation sites is 1. The summed E-state index contributed by atoms with van der Waals surface area (Å²) in [7, 11) is 0. The van der Waals surface area contributed by atoms with Crippen LogP contribution in [0.25, 0.3) is 10.9 Å². The summed E-state index contributed by atoms with van der Waals surface area (Å²) in [5, 5.41) is 39.9. The number of aliphatic imine (C=N–C) groups is 3. The maximum atomic E-state index is 14.8. The number of carboxylic acids is 2. The Hall–Kier alpha value is -9.32. The molecule has 30 nitrogen and oxygen atoms in total. The zero-order valence-corrected chi connectivity index (χ0v) is 48.7.